The molecule has 1 aromatic heterocycles. The molecule has 1 saturated carbocycles. The number of aliphatic hydroxyl groups is 1. The quantitative estimate of drug-likeness (QED) is 0.185. The molecule has 0 saturated heterocycles. The minimum Gasteiger partial charge on any atom is -0.550 e. The predicted octanol–water partition coefficient (Wildman–Crippen LogP) is 7.61. The zero-order chi connectivity index (χ0) is 29.0. The number of hydrogen-bond donors (Lipinski definition) is 1. The van der Waals surface area contributed by atoms with Crippen molar-refractivity contribution in [2.24, 2.45) is 5.41 Å². The molecule has 212 valence electrons. The Kier molecular flexibility index (Phi) is 8.88. The first-order chi connectivity index (χ1) is 19.6. The molecule has 4 aromatic rings. The first-order valence-corrected chi connectivity index (χ1v) is 15.5. The molecule has 1 aliphatic rings. The first kappa shape index (κ1) is 29.4. The van der Waals surface area contributed by atoms with Gasteiger partial charge in [0.15, 0.2) is 0 Å². The maximum Gasteiger partial charge on any atom is 0.0843 e. The van der Waals surface area contributed by atoms with Crippen molar-refractivity contribution < 1.29 is 15.0 Å². The Balaban J connectivity index is 1.37. The van der Waals surface area contributed by atoms with E-state index in [1.807, 2.05) is 80.2 Å². The number of aromatic nitrogens is 1. The predicted molar refractivity (Wildman–Crippen MR) is 169 cm³/mol. The van der Waals surface area contributed by atoms with E-state index in [2.05, 4.69) is 36.4 Å². The molecular weight excluding hydrogens is 550 g/mol. The van der Waals surface area contributed by atoms with Crippen LogP contribution in [0.4, 0.5) is 0 Å². The Labute approximate surface area is 251 Å². The topological polar surface area (TPSA) is 73.2 Å². The van der Waals surface area contributed by atoms with Crippen LogP contribution in [0.1, 0.15) is 72.7 Å². The molecule has 41 heavy (non-hydrogen) atoms. The molecule has 0 unspecified atom stereocenters. The molecule has 4 nitrogen and oxygen atoms in total. The Morgan fingerprint density at radius 2 is 1.85 bits per heavy atom. The smallest absolute Gasteiger partial charge is 0.0843 e. The number of pyridine rings is 1. The van der Waals surface area contributed by atoms with E-state index in [1.54, 1.807) is 0 Å². The van der Waals surface area contributed by atoms with Gasteiger partial charge in [0, 0.05) is 21.6 Å². The van der Waals surface area contributed by atoms with Crippen LogP contribution in [0.15, 0.2) is 78.9 Å². The van der Waals surface area contributed by atoms with Crippen LogP contribution < -0.4 is 5.11 Å². The summed E-state index contributed by atoms with van der Waals surface area (Å²) in [7, 11) is 0. The van der Waals surface area contributed by atoms with E-state index < -0.39 is 11.6 Å². The molecule has 0 spiro atoms. The number of carbonyl (C=O) groups excluding carboxylic acids is 1. The summed E-state index contributed by atoms with van der Waals surface area (Å²) < 4.78 is 0. The molecule has 0 aliphatic heterocycles. The largest absolute Gasteiger partial charge is 0.550 e. The number of rotatable bonds is 12. The highest BCUT2D eigenvalue weighted by atomic mass is 35.5. The number of carbonyl (C=O) groups is 1. The van der Waals surface area contributed by atoms with Gasteiger partial charge in [0.1, 0.15) is 0 Å². The summed E-state index contributed by atoms with van der Waals surface area (Å²) in [6.07, 6.45) is 7.78. The van der Waals surface area contributed by atoms with Crippen molar-refractivity contribution in [2.75, 3.05) is 5.75 Å². The summed E-state index contributed by atoms with van der Waals surface area (Å²) in [6, 6.07) is 26.4. The average Bonchev–Trinajstić information content (AvgIpc) is 3.70. The van der Waals surface area contributed by atoms with E-state index in [0.29, 0.717) is 5.02 Å². The summed E-state index contributed by atoms with van der Waals surface area (Å²) in [6.45, 7) is 3.65. The van der Waals surface area contributed by atoms with Gasteiger partial charge in [-0.15, -0.1) is 0 Å². The summed E-state index contributed by atoms with van der Waals surface area (Å²) in [5.41, 5.74) is 5.03. The normalized spacial score (nSPS) is 15.3. The van der Waals surface area contributed by atoms with E-state index in [0.717, 1.165) is 64.7 Å². The molecule has 1 atom stereocenters. The lowest BCUT2D eigenvalue weighted by Gasteiger charge is -2.24. The molecule has 1 heterocycles. The summed E-state index contributed by atoms with van der Waals surface area (Å²) in [5, 5.41) is 24.0. The number of hydrogen-bond acceptors (Lipinski definition) is 5. The number of halogens is 1. The van der Waals surface area contributed by atoms with E-state index in [9.17, 15) is 15.0 Å². The fraction of sp³-hybridized carbons (Fsp3) is 0.314. The van der Waals surface area contributed by atoms with Gasteiger partial charge >= 0.3 is 0 Å². The van der Waals surface area contributed by atoms with Gasteiger partial charge in [-0.2, -0.15) is 11.8 Å². The average molecular weight is 585 g/mol. The van der Waals surface area contributed by atoms with Crippen molar-refractivity contribution in [1.82, 2.24) is 4.98 Å². The number of carboxylic acid groups (broad SMARTS) is 1. The van der Waals surface area contributed by atoms with Crippen molar-refractivity contribution in [3.8, 4) is 0 Å². The fourth-order valence-corrected chi connectivity index (χ4v) is 7.08. The zero-order valence-corrected chi connectivity index (χ0v) is 25.0. The van der Waals surface area contributed by atoms with Crippen LogP contribution in [-0.4, -0.2) is 21.8 Å². The van der Waals surface area contributed by atoms with Crippen LogP contribution in [0.25, 0.3) is 23.1 Å². The van der Waals surface area contributed by atoms with Gasteiger partial charge in [-0.3, -0.25) is 0 Å². The molecule has 1 N–H and O–H groups in total. The van der Waals surface area contributed by atoms with E-state index in [4.69, 9.17) is 16.6 Å². The van der Waals surface area contributed by atoms with E-state index >= 15 is 0 Å². The first-order valence-electron chi connectivity index (χ1n) is 14.1. The number of benzene rings is 3. The molecular formula is C35H35ClNO3S-. The van der Waals surface area contributed by atoms with E-state index in [-0.39, 0.29) is 17.1 Å². The maximum atomic E-state index is 11.4. The van der Waals surface area contributed by atoms with Gasteiger partial charge in [0.2, 0.25) is 0 Å². The minimum atomic E-state index is -0.963. The number of nitrogens with zero attached hydrogens (tertiary/aromatic N) is 1. The minimum absolute atomic E-state index is 0.126. The Hall–Kier alpha value is -3.12. The molecule has 1 aliphatic carbocycles. The Morgan fingerprint density at radius 3 is 2.61 bits per heavy atom. The monoisotopic (exact) mass is 584 g/mol. The Bertz CT molecular complexity index is 1570. The highest BCUT2D eigenvalue weighted by molar-refractivity contribution is 7.99. The molecule has 3 aromatic carbocycles. The van der Waals surface area contributed by atoms with Crippen molar-refractivity contribution in [3.63, 3.8) is 0 Å². The van der Waals surface area contributed by atoms with Crippen molar-refractivity contribution >= 4 is 52.4 Å². The van der Waals surface area contributed by atoms with Gasteiger partial charge in [0.05, 0.1) is 16.8 Å². The SMILES string of the molecule is CC(C)(O)c1ccccc1CC[C@@H](SCC1(CC(=O)[O-])CC1)c1cccc(C=Cc2ccc3ccc(Cl)cc3n2)c1. The Morgan fingerprint density at radius 1 is 1.07 bits per heavy atom. The molecule has 1 fully saturated rings. The maximum absolute atomic E-state index is 11.4. The number of fused-ring (bicyclic) bond motifs is 1. The molecule has 0 amide bonds. The van der Waals surface area contributed by atoms with Gasteiger partial charge in [0.25, 0.3) is 0 Å². The number of aryl methyl sites for hydroxylation is 1. The highest BCUT2D eigenvalue weighted by Crippen LogP contribution is 2.53. The number of thioether (sulfide) groups is 1. The van der Waals surface area contributed by atoms with Crippen LogP contribution in [-0.2, 0) is 16.8 Å². The highest BCUT2D eigenvalue weighted by Gasteiger charge is 2.42. The van der Waals surface area contributed by atoms with Crippen LogP contribution in [0, 0.1) is 5.41 Å². The third-order valence-electron chi connectivity index (χ3n) is 7.82. The van der Waals surface area contributed by atoms with Crippen molar-refractivity contribution in [2.45, 2.75) is 56.8 Å². The second kappa shape index (κ2) is 12.4. The molecule has 6 heteroatoms. The van der Waals surface area contributed by atoms with E-state index in [1.165, 1.54) is 5.56 Å². The van der Waals surface area contributed by atoms with Gasteiger partial charge in [-0.1, -0.05) is 78.3 Å². The summed E-state index contributed by atoms with van der Waals surface area (Å²) >= 11 is 8.01. The van der Waals surface area contributed by atoms with Crippen LogP contribution >= 0.6 is 23.4 Å². The van der Waals surface area contributed by atoms with Crippen LogP contribution in [0.3, 0.4) is 0 Å². The molecule has 0 bridgehead atoms. The lowest BCUT2D eigenvalue weighted by molar-refractivity contribution is -0.307. The molecule has 5 rings (SSSR count). The number of aliphatic carboxylic acids is 1. The zero-order valence-electron chi connectivity index (χ0n) is 23.5. The standard InChI is InChI=1S/C35H36ClNO3S/c1-34(2,40)30-9-4-3-7-25(30)13-17-32(41-23-35(18-19-35)22-33(38)39)27-8-5-6-24(20-27)10-15-29-16-12-26-11-14-28(36)21-31(26)37-29/h3-12,14-16,20-21,32,40H,13,17-19,22-23H2,1-2H3,(H,38,39)/p-1/t32-/m1/s1. The van der Waals surface area contributed by atoms with Crippen LogP contribution in [0.5, 0.6) is 0 Å². The summed E-state index contributed by atoms with van der Waals surface area (Å²) in [5.74, 6) is -0.168. The van der Waals surface area contributed by atoms with Crippen molar-refractivity contribution in [1.29, 1.82) is 0 Å². The van der Waals surface area contributed by atoms with Crippen LogP contribution in [0.2, 0.25) is 5.02 Å². The second-order valence-electron chi connectivity index (χ2n) is 11.7. The third-order valence-corrected chi connectivity index (χ3v) is 9.75. The van der Waals surface area contributed by atoms with Gasteiger partial charge in [-0.05, 0) is 104 Å². The lowest BCUT2D eigenvalue weighted by Crippen LogP contribution is -2.26. The lowest BCUT2D eigenvalue weighted by atomic mass is 9.90. The fourth-order valence-electron chi connectivity index (χ4n) is 5.34. The number of carboxylic acids is 1. The second-order valence-corrected chi connectivity index (χ2v) is 13.3. The molecule has 0 radical (unpaired) electrons. The van der Waals surface area contributed by atoms with Gasteiger partial charge < -0.3 is 15.0 Å². The summed E-state index contributed by atoms with van der Waals surface area (Å²) in [4.78, 5) is 16.1. The van der Waals surface area contributed by atoms with Crippen molar-refractivity contribution in [3.05, 3.63) is 112 Å². The third kappa shape index (κ3) is 7.79. The van der Waals surface area contributed by atoms with Gasteiger partial charge in [-0.25, -0.2) is 4.98 Å².